The molecule has 0 radical (unpaired) electrons. The maximum Gasteiger partial charge on any atom is 0.268 e. The van der Waals surface area contributed by atoms with Crippen molar-refractivity contribution in [2.24, 2.45) is 0 Å². The first-order valence-corrected chi connectivity index (χ1v) is 8.54. The standard InChI is InChI=1S/C18H20N4O3/c23-18(21-11-17-19-6-3-7-20-17)15-10-16-14(5-9-25-16)22(15)12-13-4-1-2-8-24-13/h3,5-7,9-10,13H,1-2,4,8,11-12H2,(H,21,23). The Balaban J connectivity index is 1.54. The van der Waals surface area contributed by atoms with Gasteiger partial charge in [-0.2, -0.15) is 0 Å². The number of amides is 1. The number of ether oxygens (including phenoxy) is 1. The molecule has 1 aliphatic rings. The number of carbonyl (C=O) groups excluding carboxylic acids is 1. The summed E-state index contributed by atoms with van der Waals surface area (Å²) < 4.78 is 13.3. The van der Waals surface area contributed by atoms with Crippen LogP contribution in [0.3, 0.4) is 0 Å². The van der Waals surface area contributed by atoms with Crippen LogP contribution in [0.15, 0.2) is 41.3 Å². The molecule has 1 saturated heterocycles. The Hall–Kier alpha value is -2.67. The average Bonchev–Trinajstić information content (AvgIpc) is 3.24. The van der Waals surface area contributed by atoms with Crippen molar-refractivity contribution in [3.63, 3.8) is 0 Å². The van der Waals surface area contributed by atoms with E-state index in [1.807, 2.05) is 10.6 Å². The van der Waals surface area contributed by atoms with Crippen molar-refractivity contribution in [1.29, 1.82) is 0 Å². The van der Waals surface area contributed by atoms with Gasteiger partial charge in [0.2, 0.25) is 0 Å². The zero-order valence-corrected chi connectivity index (χ0v) is 13.9. The Morgan fingerprint density at radius 1 is 1.32 bits per heavy atom. The summed E-state index contributed by atoms with van der Waals surface area (Å²) in [5.41, 5.74) is 2.19. The van der Waals surface area contributed by atoms with Gasteiger partial charge in [-0.25, -0.2) is 9.97 Å². The van der Waals surface area contributed by atoms with Crippen molar-refractivity contribution in [2.75, 3.05) is 6.61 Å². The lowest BCUT2D eigenvalue weighted by Crippen LogP contribution is -2.30. The fourth-order valence-electron chi connectivity index (χ4n) is 3.19. The molecule has 1 amide bonds. The second-order valence-electron chi connectivity index (χ2n) is 6.15. The molecule has 0 saturated carbocycles. The molecule has 25 heavy (non-hydrogen) atoms. The summed E-state index contributed by atoms with van der Waals surface area (Å²) >= 11 is 0. The van der Waals surface area contributed by atoms with Crippen LogP contribution in [0.25, 0.3) is 11.1 Å². The SMILES string of the molecule is O=C(NCc1ncccn1)c1cc2occc2n1CC1CCCCO1. The van der Waals surface area contributed by atoms with Gasteiger partial charge in [0, 0.05) is 37.7 Å². The van der Waals surface area contributed by atoms with E-state index in [1.54, 1.807) is 30.8 Å². The van der Waals surface area contributed by atoms with Gasteiger partial charge in [-0.15, -0.1) is 0 Å². The van der Waals surface area contributed by atoms with Gasteiger partial charge >= 0.3 is 0 Å². The summed E-state index contributed by atoms with van der Waals surface area (Å²) in [5, 5.41) is 2.88. The number of furan rings is 1. The molecule has 1 aliphatic heterocycles. The molecule has 7 heteroatoms. The minimum Gasteiger partial charge on any atom is -0.463 e. The zero-order valence-electron chi connectivity index (χ0n) is 13.9. The zero-order chi connectivity index (χ0) is 17.1. The predicted octanol–water partition coefficient (Wildman–Crippen LogP) is 2.52. The van der Waals surface area contributed by atoms with Crippen LogP contribution in [-0.4, -0.2) is 33.2 Å². The van der Waals surface area contributed by atoms with Crippen LogP contribution in [-0.2, 0) is 17.8 Å². The van der Waals surface area contributed by atoms with E-state index in [1.165, 1.54) is 0 Å². The second kappa shape index (κ2) is 7.06. The minimum absolute atomic E-state index is 0.128. The van der Waals surface area contributed by atoms with Crippen LogP contribution in [0.5, 0.6) is 0 Å². The number of nitrogens with zero attached hydrogens (tertiary/aromatic N) is 3. The van der Waals surface area contributed by atoms with Crippen LogP contribution in [0.4, 0.5) is 0 Å². The Bertz CT molecular complexity index is 850. The number of hydrogen-bond acceptors (Lipinski definition) is 5. The summed E-state index contributed by atoms with van der Waals surface area (Å²) in [6.07, 6.45) is 8.36. The highest BCUT2D eigenvalue weighted by molar-refractivity contribution is 5.97. The lowest BCUT2D eigenvalue weighted by atomic mass is 10.1. The van der Waals surface area contributed by atoms with Crippen LogP contribution in [0.2, 0.25) is 0 Å². The number of carbonyl (C=O) groups is 1. The third kappa shape index (κ3) is 3.41. The molecule has 7 nitrogen and oxygen atoms in total. The largest absolute Gasteiger partial charge is 0.463 e. The third-order valence-corrected chi connectivity index (χ3v) is 4.44. The Labute approximate surface area is 145 Å². The molecule has 4 heterocycles. The molecule has 1 unspecified atom stereocenters. The number of nitrogens with one attached hydrogen (secondary N) is 1. The Morgan fingerprint density at radius 3 is 3.00 bits per heavy atom. The first-order chi connectivity index (χ1) is 12.3. The molecule has 1 atom stereocenters. The lowest BCUT2D eigenvalue weighted by molar-refractivity contribution is 0.00637. The van der Waals surface area contributed by atoms with Gasteiger partial charge in [-0.05, 0) is 25.3 Å². The van der Waals surface area contributed by atoms with E-state index in [4.69, 9.17) is 9.15 Å². The van der Waals surface area contributed by atoms with Gasteiger partial charge in [-0.3, -0.25) is 4.79 Å². The summed E-state index contributed by atoms with van der Waals surface area (Å²) in [6, 6.07) is 5.41. The highest BCUT2D eigenvalue weighted by Gasteiger charge is 2.22. The summed E-state index contributed by atoms with van der Waals surface area (Å²) in [6.45, 7) is 1.72. The molecule has 3 aromatic heterocycles. The van der Waals surface area contributed by atoms with E-state index in [9.17, 15) is 4.79 Å². The fourth-order valence-corrected chi connectivity index (χ4v) is 3.19. The molecular weight excluding hydrogens is 320 g/mol. The number of fused-ring (bicyclic) bond motifs is 1. The van der Waals surface area contributed by atoms with E-state index in [2.05, 4.69) is 15.3 Å². The first kappa shape index (κ1) is 15.8. The molecule has 0 spiro atoms. The summed E-state index contributed by atoms with van der Waals surface area (Å²) in [5.74, 6) is 0.405. The quantitative estimate of drug-likeness (QED) is 0.772. The second-order valence-corrected chi connectivity index (χ2v) is 6.15. The Kier molecular flexibility index (Phi) is 4.47. The fraction of sp³-hybridized carbons (Fsp3) is 0.389. The average molecular weight is 340 g/mol. The number of hydrogen-bond donors (Lipinski definition) is 1. The lowest BCUT2D eigenvalue weighted by Gasteiger charge is -2.24. The maximum absolute atomic E-state index is 12.7. The molecule has 1 N–H and O–H groups in total. The summed E-state index contributed by atoms with van der Waals surface area (Å²) in [4.78, 5) is 20.9. The van der Waals surface area contributed by atoms with Crippen molar-refractivity contribution >= 4 is 17.0 Å². The van der Waals surface area contributed by atoms with E-state index < -0.39 is 0 Å². The molecule has 3 aromatic rings. The van der Waals surface area contributed by atoms with Gasteiger partial charge in [0.05, 0.1) is 24.4 Å². The third-order valence-electron chi connectivity index (χ3n) is 4.44. The normalized spacial score (nSPS) is 17.7. The van der Waals surface area contributed by atoms with Crippen LogP contribution in [0.1, 0.15) is 35.6 Å². The van der Waals surface area contributed by atoms with Crippen molar-refractivity contribution in [1.82, 2.24) is 19.9 Å². The van der Waals surface area contributed by atoms with Crippen LogP contribution < -0.4 is 5.32 Å². The first-order valence-electron chi connectivity index (χ1n) is 8.54. The monoisotopic (exact) mass is 340 g/mol. The Morgan fingerprint density at radius 2 is 2.20 bits per heavy atom. The molecule has 1 fully saturated rings. The minimum atomic E-state index is -0.172. The molecule has 130 valence electrons. The highest BCUT2D eigenvalue weighted by Crippen LogP contribution is 2.24. The molecule has 4 rings (SSSR count). The van der Waals surface area contributed by atoms with Gasteiger partial charge in [0.1, 0.15) is 11.5 Å². The van der Waals surface area contributed by atoms with Gasteiger partial charge in [0.25, 0.3) is 5.91 Å². The molecular formula is C18H20N4O3. The van der Waals surface area contributed by atoms with Crippen molar-refractivity contribution in [3.05, 3.63) is 48.4 Å². The topological polar surface area (TPSA) is 82.2 Å². The number of rotatable bonds is 5. The summed E-state index contributed by atoms with van der Waals surface area (Å²) in [7, 11) is 0. The number of aromatic nitrogens is 3. The van der Waals surface area contributed by atoms with Crippen LogP contribution in [0, 0.1) is 0 Å². The van der Waals surface area contributed by atoms with Gasteiger partial charge in [-0.1, -0.05) is 0 Å². The van der Waals surface area contributed by atoms with E-state index >= 15 is 0 Å². The van der Waals surface area contributed by atoms with Crippen molar-refractivity contribution < 1.29 is 13.9 Å². The predicted molar refractivity (Wildman–Crippen MR) is 91.0 cm³/mol. The molecule has 0 aliphatic carbocycles. The van der Waals surface area contributed by atoms with E-state index in [0.29, 0.717) is 23.6 Å². The van der Waals surface area contributed by atoms with E-state index in [0.717, 1.165) is 31.4 Å². The molecule has 0 aromatic carbocycles. The van der Waals surface area contributed by atoms with E-state index in [-0.39, 0.29) is 18.6 Å². The molecule has 0 bridgehead atoms. The highest BCUT2D eigenvalue weighted by atomic mass is 16.5. The smallest absolute Gasteiger partial charge is 0.268 e. The van der Waals surface area contributed by atoms with Crippen molar-refractivity contribution in [2.45, 2.75) is 38.5 Å². The van der Waals surface area contributed by atoms with Crippen molar-refractivity contribution in [3.8, 4) is 0 Å². The van der Waals surface area contributed by atoms with Crippen LogP contribution >= 0.6 is 0 Å². The maximum atomic E-state index is 12.7. The van der Waals surface area contributed by atoms with Gasteiger partial charge < -0.3 is 19.0 Å². The van der Waals surface area contributed by atoms with Gasteiger partial charge in [0.15, 0.2) is 5.58 Å².